The van der Waals surface area contributed by atoms with Gasteiger partial charge in [0, 0.05) is 11.6 Å². The lowest BCUT2D eigenvalue weighted by molar-refractivity contribution is 0.398. The fourth-order valence-corrected chi connectivity index (χ4v) is 1.87. The number of benzene rings is 1. The van der Waals surface area contributed by atoms with E-state index in [1.807, 2.05) is 13.1 Å². The summed E-state index contributed by atoms with van der Waals surface area (Å²) in [5, 5.41) is 3.34. The summed E-state index contributed by atoms with van der Waals surface area (Å²) in [6.45, 7) is 4.31. The molecule has 0 spiro atoms. The summed E-state index contributed by atoms with van der Waals surface area (Å²) in [4.78, 5) is 0. The molecule has 1 aromatic carbocycles. The first-order valence-electron chi connectivity index (χ1n) is 5.54. The number of methoxy groups -OCH3 is 1. The highest BCUT2D eigenvalue weighted by molar-refractivity contribution is 5.39. The molecule has 0 fully saturated rings. The molecular formula is C13H21NO. The zero-order chi connectivity index (χ0) is 11.3. The van der Waals surface area contributed by atoms with Gasteiger partial charge in [-0.05, 0) is 26.5 Å². The van der Waals surface area contributed by atoms with Gasteiger partial charge in [-0.2, -0.15) is 0 Å². The largest absolute Gasteiger partial charge is 0.496 e. The van der Waals surface area contributed by atoms with Crippen LogP contribution in [-0.2, 0) is 0 Å². The molecule has 15 heavy (non-hydrogen) atoms. The van der Waals surface area contributed by atoms with E-state index in [1.165, 1.54) is 17.5 Å². The van der Waals surface area contributed by atoms with Crippen molar-refractivity contribution in [3.63, 3.8) is 0 Å². The maximum absolute atomic E-state index is 5.39. The number of hydrogen-bond acceptors (Lipinski definition) is 2. The Bertz CT molecular complexity index is 309. The van der Waals surface area contributed by atoms with Gasteiger partial charge in [0.05, 0.1) is 7.11 Å². The van der Waals surface area contributed by atoms with Gasteiger partial charge in [-0.1, -0.05) is 31.0 Å². The summed E-state index contributed by atoms with van der Waals surface area (Å²) in [6, 6.07) is 6.73. The third kappa shape index (κ3) is 2.96. The van der Waals surface area contributed by atoms with Crippen molar-refractivity contribution < 1.29 is 4.74 Å². The van der Waals surface area contributed by atoms with Crippen molar-refractivity contribution in [1.82, 2.24) is 5.32 Å². The molecule has 0 saturated heterocycles. The van der Waals surface area contributed by atoms with E-state index in [9.17, 15) is 0 Å². The minimum atomic E-state index is 0.393. The Morgan fingerprint density at radius 3 is 2.67 bits per heavy atom. The Balaban J connectivity index is 3.02. The van der Waals surface area contributed by atoms with Crippen molar-refractivity contribution in [3.8, 4) is 5.75 Å². The van der Waals surface area contributed by atoms with E-state index in [4.69, 9.17) is 4.74 Å². The molecule has 0 bridgehead atoms. The van der Waals surface area contributed by atoms with E-state index < -0.39 is 0 Å². The first kappa shape index (κ1) is 12.1. The van der Waals surface area contributed by atoms with Gasteiger partial charge in [0.2, 0.25) is 0 Å². The highest BCUT2D eigenvalue weighted by atomic mass is 16.5. The normalized spacial score (nSPS) is 12.5. The van der Waals surface area contributed by atoms with Crippen LogP contribution in [0.1, 0.15) is 36.9 Å². The summed E-state index contributed by atoms with van der Waals surface area (Å²) in [7, 11) is 3.73. The molecule has 0 amide bonds. The maximum atomic E-state index is 5.39. The first-order chi connectivity index (χ1) is 7.22. The molecule has 1 atom stereocenters. The Labute approximate surface area is 92.6 Å². The van der Waals surface area contributed by atoms with Crippen LogP contribution in [0.4, 0.5) is 0 Å². The van der Waals surface area contributed by atoms with E-state index in [1.54, 1.807) is 7.11 Å². The zero-order valence-electron chi connectivity index (χ0n) is 10.1. The molecule has 2 heteroatoms. The molecule has 1 N–H and O–H groups in total. The van der Waals surface area contributed by atoms with Crippen LogP contribution in [-0.4, -0.2) is 14.2 Å². The van der Waals surface area contributed by atoms with Gasteiger partial charge in [0.25, 0.3) is 0 Å². The van der Waals surface area contributed by atoms with Crippen molar-refractivity contribution in [3.05, 3.63) is 29.3 Å². The van der Waals surface area contributed by atoms with E-state index in [0.717, 1.165) is 12.2 Å². The molecule has 2 nitrogen and oxygen atoms in total. The molecule has 1 unspecified atom stereocenters. The predicted molar refractivity (Wildman–Crippen MR) is 64.4 cm³/mol. The van der Waals surface area contributed by atoms with Gasteiger partial charge in [-0.25, -0.2) is 0 Å². The van der Waals surface area contributed by atoms with E-state index in [0.29, 0.717) is 6.04 Å². The molecular weight excluding hydrogens is 186 g/mol. The summed E-state index contributed by atoms with van der Waals surface area (Å²) in [6.07, 6.45) is 2.30. The van der Waals surface area contributed by atoms with Crippen molar-refractivity contribution >= 4 is 0 Å². The van der Waals surface area contributed by atoms with Crippen LogP contribution >= 0.6 is 0 Å². The number of rotatable bonds is 5. The van der Waals surface area contributed by atoms with Crippen LogP contribution in [0.5, 0.6) is 5.75 Å². The van der Waals surface area contributed by atoms with Crippen molar-refractivity contribution in [2.75, 3.05) is 14.2 Å². The minimum Gasteiger partial charge on any atom is -0.496 e. The highest BCUT2D eigenvalue weighted by Gasteiger charge is 2.13. The van der Waals surface area contributed by atoms with Crippen LogP contribution in [0.15, 0.2) is 18.2 Å². The topological polar surface area (TPSA) is 21.3 Å². The Kier molecular flexibility index (Phi) is 4.63. The monoisotopic (exact) mass is 207 g/mol. The molecule has 0 aliphatic carbocycles. The predicted octanol–water partition coefficient (Wildman–Crippen LogP) is 3.06. The van der Waals surface area contributed by atoms with Crippen molar-refractivity contribution in [2.24, 2.45) is 0 Å². The fourth-order valence-electron chi connectivity index (χ4n) is 1.87. The molecule has 84 valence electrons. The van der Waals surface area contributed by atoms with E-state index in [-0.39, 0.29) is 0 Å². The van der Waals surface area contributed by atoms with Crippen LogP contribution < -0.4 is 10.1 Å². The smallest absolute Gasteiger partial charge is 0.123 e. The lowest BCUT2D eigenvalue weighted by Crippen LogP contribution is -2.17. The van der Waals surface area contributed by atoms with Crippen molar-refractivity contribution in [1.29, 1.82) is 0 Å². The highest BCUT2D eigenvalue weighted by Crippen LogP contribution is 2.28. The molecule has 0 radical (unpaired) electrons. The second-order valence-electron chi connectivity index (χ2n) is 3.88. The molecule has 0 heterocycles. The Morgan fingerprint density at radius 1 is 1.40 bits per heavy atom. The van der Waals surface area contributed by atoms with Crippen LogP contribution in [0.2, 0.25) is 0 Å². The van der Waals surface area contributed by atoms with Gasteiger partial charge in [0.1, 0.15) is 5.75 Å². The fraction of sp³-hybridized carbons (Fsp3) is 0.538. The average Bonchev–Trinajstić information content (AvgIpc) is 2.26. The number of nitrogens with one attached hydrogen (secondary N) is 1. The molecule has 0 aliphatic heterocycles. The van der Waals surface area contributed by atoms with Gasteiger partial charge in [0.15, 0.2) is 0 Å². The second-order valence-corrected chi connectivity index (χ2v) is 3.88. The molecule has 0 saturated carbocycles. The lowest BCUT2D eigenvalue weighted by atomic mass is 9.99. The third-order valence-electron chi connectivity index (χ3n) is 2.69. The van der Waals surface area contributed by atoms with Crippen LogP contribution in [0, 0.1) is 6.92 Å². The van der Waals surface area contributed by atoms with Crippen LogP contribution in [0.3, 0.4) is 0 Å². The van der Waals surface area contributed by atoms with Crippen molar-refractivity contribution in [2.45, 2.75) is 32.7 Å². The second kappa shape index (κ2) is 5.76. The van der Waals surface area contributed by atoms with E-state index >= 15 is 0 Å². The summed E-state index contributed by atoms with van der Waals surface area (Å²) >= 11 is 0. The van der Waals surface area contributed by atoms with Gasteiger partial charge < -0.3 is 10.1 Å². The SMILES string of the molecule is CCCC(NC)c1cc(C)ccc1OC. The number of hydrogen-bond donors (Lipinski definition) is 1. The van der Waals surface area contributed by atoms with Crippen LogP contribution in [0.25, 0.3) is 0 Å². The minimum absolute atomic E-state index is 0.393. The Morgan fingerprint density at radius 2 is 2.13 bits per heavy atom. The molecule has 0 aromatic heterocycles. The quantitative estimate of drug-likeness (QED) is 0.801. The van der Waals surface area contributed by atoms with Gasteiger partial charge in [-0.15, -0.1) is 0 Å². The van der Waals surface area contributed by atoms with Gasteiger partial charge in [-0.3, -0.25) is 0 Å². The first-order valence-corrected chi connectivity index (χ1v) is 5.54. The summed E-state index contributed by atoms with van der Waals surface area (Å²) in [5.74, 6) is 0.980. The average molecular weight is 207 g/mol. The number of aryl methyl sites for hydroxylation is 1. The lowest BCUT2D eigenvalue weighted by Gasteiger charge is -2.19. The molecule has 0 aliphatic rings. The standard InChI is InChI=1S/C13H21NO/c1-5-6-12(14-3)11-9-10(2)7-8-13(11)15-4/h7-9,12,14H,5-6H2,1-4H3. The molecule has 1 rings (SSSR count). The van der Waals surface area contributed by atoms with E-state index in [2.05, 4.69) is 31.3 Å². The number of ether oxygens (including phenoxy) is 1. The summed E-state index contributed by atoms with van der Waals surface area (Å²) in [5.41, 5.74) is 2.55. The Hall–Kier alpha value is -1.02. The summed E-state index contributed by atoms with van der Waals surface area (Å²) < 4.78 is 5.39. The molecule has 1 aromatic rings. The van der Waals surface area contributed by atoms with Gasteiger partial charge >= 0.3 is 0 Å². The third-order valence-corrected chi connectivity index (χ3v) is 2.69. The maximum Gasteiger partial charge on any atom is 0.123 e. The zero-order valence-corrected chi connectivity index (χ0v) is 10.1.